The van der Waals surface area contributed by atoms with Gasteiger partial charge in [0.2, 0.25) is 0 Å². The van der Waals surface area contributed by atoms with Gasteiger partial charge in [-0.3, -0.25) is 18.6 Å². The van der Waals surface area contributed by atoms with Gasteiger partial charge < -0.3 is 20.1 Å². The summed E-state index contributed by atoms with van der Waals surface area (Å²) in [7, 11) is -4.41. The highest BCUT2D eigenvalue weighted by molar-refractivity contribution is 7.47. The van der Waals surface area contributed by atoms with E-state index in [1.165, 1.54) is 77.0 Å². The molecule has 0 aliphatic heterocycles. The van der Waals surface area contributed by atoms with Crippen molar-refractivity contribution in [3.05, 3.63) is 158 Å². The van der Waals surface area contributed by atoms with E-state index in [0.29, 0.717) is 6.42 Å². The first kappa shape index (κ1) is 78.6. The van der Waals surface area contributed by atoms with Crippen LogP contribution < -0.4 is 5.73 Å². The number of carbonyl (C=O) groups is 2. The van der Waals surface area contributed by atoms with Crippen LogP contribution in [-0.2, 0) is 32.7 Å². The lowest BCUT2D eigenvalue weighted by Gasteiger charge is -2.19. The van der Waals surface area contributed by atoms with E-state index in [-0.39, 0.29) is 32.6 Å². The number of hydrogen-bond donors (Lipinski definition) is 2. The summed E-state index contributed by atoms with van der Waals surface area (Å²) in [4.78, 5) is 35.3. The first-order valence-corrected chi connectivity index (χ1v) is 34.5. The molecule has 0 aromatic heterocycles. The van der Waals surface area contributed by atoms with Gasteiger partial charge in [-0.15, -0.1) is 0 Å². The molecule has 0 aliphatic rings. The number of hydrogen-bond acceptors (Lipinski definition) is 8. The van der Waals surface area contributed by atoms with Crippen molar-refractivity contribution in [2.45, 2.75) is 264 Å². The molecule has 9 nitrogen and oxygen atoms in total. The van der Waals surface area contributed by atoms with Crippen molar-refractivity contribution in [3.63, 3.8) is 0 Å². The van der Waals surface area contributed by atoms with Gasteiger partial charge in [-0.2, -0.15) is 0 Å². The highest BCUT2D eigenvalue weighted by Gasteiger charge is 2.26. The number of carbonyl (C=O) groups excluding carboxylic acids is 2. The summed E-state index contributed by atoms with van der Waals surface area (Å²) in [5.41, 5.74) is 5.39. The molecular weight excluding hydrogens is 1050 g/mol. The van der Waals surface area contributed by atoms with E-state index < -0.39 is 32.5 Å². The summed E-state index contributed by atoms with van der Waals surface area (Å²) in [6.45, 7) is 3.59. The molecule has 3 N–H and O–H groups in total. The molecule has 0 fully saturated rings. The second-order valence-corrected chi connectivity index (χ2v) is 22.7. The lowest BCUT2D eigenvalue weighted by atomic mass is 10.1. The third kappa shape index (κ3) is 66.6. The van der Waals surface area contributed by atoms with Crippen molar-refractivity contribution in [1.29, 1.82) is 0 Å². The average molecular weight is 1170 g/mol. The Labute approximate surface area is 509 Å². The number of allylic oxidation sites excluding steroid dienone is 26. The fourth-order valence-corrected chi connectivity index (χ4v) is 9.32. The van der Waals surface area contributed by atoms with Crippen molar-refractivity contribution in [2.75, 3.05) is 26.4 Å². The number of ether oxygens (including phenoxy) is 2. The van der Waals surface area contributed by atoms with Crippen LogP contribution >= 0.6 is 7.82 Å². The molecule has 0 spiro atoms. The molecule has 0 bridgehead atoms. The fraction of sp³-hybridized carbons (Fsp3) is 0.616. The minimum atomic E-state index is -4.41. The average Bonchev–Trinajstić information content (AvgIpc) is 3.49. The topological polar surface area (TPSA) is 134 Å². The zero-order valence-corrected chi connectivity index (χ0v) is 53.5. The normalized spacial score (nSPS) is 14.0. The number of unbranched alkanes of at least 4 members (excludes halogenated alkanes) is 21. The van der Waals surface area contributed by atoms with Crippen LogP contribution in [0.3, 0.4) is 0 Å². The molecule has 0 aliphatic carbocycles. The van der Waals surface area contributed by atoms with Gasteiger partial charge >= 0.3 is 19.8 Å². The van der Waals surface area contributed by atoms with Crippen molar-refractivity contribution in [2.24, 2.45) is 5.73 Å². The Morgan fingerprint density at radius 3 is 0.988 bits per heavy atom. The Balaban J connectivity index is 4.04. The van der Waals surface area contributed by atoms with Crippen LogP contribution in [0.15, 0.2) is 158 Å². The first-order valence-electron chi connectivity index (χ1n) is 33.0. The predicted octanol–water partition coefficient (Wildman–Crippen LogP) is 21.6. The van der Waals surface area contributed by atoms with Crippen molar-refractivity contribution >= 4 is 19.8 Å². The summed E-state index contributed by atoms with van der Waals surface area (Å²) in [6.07, 6.45) is 97.4. The molecule has 83 heavy (non-hydrogen) atoms. The minimum Gasteiger partial charge on any atom is -0.462 e. The third-order valence-corrected chi connectivity index (χ3v) is 14.4. The molecule has 2 unspecified atom stereocenters. The molecule has 0 aromatic rings. The molecule has 0 rings (SSSR count). The van der Waals surface area contributed by atoms with Gasteiger partial charge in [0.1, 0.15) is 6.61 Å². The van der Waals surface area contributed by atoms with Crippen LogP contribution in [-0.4, -0.2) is 49.3 Å². The van der Waals surface area contributed by atoms with Crippen molar-refractivity contribution in [1.82, 2.24) is 0 Å². The van der Waals surface area contributed by atoms with E-state index in [9.17, 15) is 19.0 Å². The Hall–Kier alpha value is -4.37. The van der Waals surface area contributed by atoms with Gasteiger partial charge in [-0.05, 0) is 128 Å². The maximum absolute atomic E-state index is 12.7. The number of phosphoric ester groups is 1. The second kappa shape index (κ2) is 66.8. The molecule has 0 heterocycles. The maximum atomic E-state index is 12.7. The van der Waals surface area contributed by atoms with E-state index in [1.54, 1.807) is 0 Å². The van der Waals surface area contributed by atoms with Crippen LogP contribution in [0.5, 0.6) is 0 Å². The van der Waals surface area contributed by atoms with Crippen molar-refractivity contribution < 1.29 is 37.6 Å². The minimum absolute atomic E-state index is 0.0420. The summed E-state index contributed by atoms with van der Waals surface area (Å²) in [6, 6.07) is 0. The van der Waals surface area contributed by atoms with E-state index in [2.05, 4.69) is 172 Å². The third-order valence-electron chi connectivity index (χ3n) is 13.4. The van der Waals surface area contributed by atoms with Crippen molar-refractivity contribution in [3.8, 4) is 0 Å². The molecular formula is C73H120NO8P. The molecule has 470 valence electrons. The van der Waals surface area contributed by atoms with Crippen LogP contribution in [0.25, 0.3) is 0 Å². The summed E-state index contributed by atoms with van der Waals surface area (Å²) < 4.78 is 33.1. The SMILES string of the molecule is CC/C=C\C/C=C\C/C=C\C/C=C\C/C=C\C/C=C\C/C=C\C/C=C\C/C=C\C/C=C\CCCCCCCCC(=O)OC(COC(=O)CCCCCCCCCCCC/C=C\C/C=C\C/C=C\CCCCCCC)COP(=O)(O)OCCN. The Morgan fingerprint density at radius 1 is 0.373 bits per heavy atom. The Bertz CT molecular complexity index is 1920. The summed E-state index contributed by atoms with van der Waals surface area (Å²) in [5, 5.41) is 0. The quantitative estimate of drug-likeness (QED) is 0.0264. The lowest BCUT2D eigenvalue weighted by Crippen LogP contribution is -2.29. The molecule has 2 atom stereocenters. The molecule has 0 aromatic carbocycles. The largest absolute Gasteiger partial charge is 0.472 e. The van der Waals surface area contributed by atoms with E-state index in [0.717, 1.165) is 148 Å². The molecule has 10 heteroatoms. The van der Waals surface area contributed by atoms with Gasteiger partial charge in [-0.1, -0.05) is 275 Å². The number of rotatable bonds is 60. The van der Waals surface area contributed by atoms with E-state index in [1.807, 2.05) is 0 Å². The van der Waals surface area contributed by atoms with Gasteiger partial charge in [-0.25, -0.2) is 4.57 Å². The van der Waals surface area contributed by atoms with Crippen LogP contribution in [0, 0.1) is 0 Å². The standard InChI is InChI=1S/C73H120NO8P/c1-3-5-7-9-11-13-15-17-19-21-23-25-27-29-30-31-32-33-34-35-36-37-38-39-40-42-44-46-48-50-52-54-56-58-60-62-64-66-73(76)82-71(70-81-83(77,78)80-68-67-74)69-79-72(75)65-63-61-59-57-55-53-51-49-47-45-43-41-28-26-24-22-20-18-16-14-12-10-8-6-4-2/h5,7,11,13,16-19,22-25,28-30,32-33,35-36,38-39,41-42,44,48,50,71H,3-4,6,8-10,12,14-15,20-21,26-27,31,34,37,40,43,45-47,49,51-70,74H2,1-2H3,(H,77,78)/b7-5-,13-11-,18-16-,19-17-,24-22-,25-23-,30-29-,33-32-,36-35-,39-38-,41-28-,44-42-,50-48-. The van der Waals surface area contributed by atoms with E-state index >= 15 is 0 Å². The van der Waals surface area contributed by atoms with E-state index in [4.69, 9.17) is 24.3 Å². The van der Waals surface area contributed by atoms with Crippen LogP contribution in [0.4, 0.5) is 0 Å². The zero-order chi connectivity index (χ0) is 60.1. The number of phosphoric acid groups is 1. The fourth-order valence-electron chi connectivity index (χ4n) is 8.55. The lowest BCUT2D eigenvalue weighted by molar-refractivity contribution is -0.161. The zero-order valence-electron chi connectivity index (χ0n) is 52.6. The highest BCUT2D eigenvalue weighted by Crippen LogP contribution is 2.43. The van der Waals surface area contributed by atoms with Crippen LogP contribution in [0.2, 0.25) is 0 Å². The predicted molar refractivity (Wildman–Crippen MR) is 357 cm³/mol. The Kier molecular flexibility index (Phi) is 63.3. The molecule has 0 amide bonds. The molecule has 0 saturated carbocycles. The molecule has 0 radical (unpaired) electrons. The maximum Gasteiger partial charge on any atom is 0.472 e. The number of esters is 2. The van der Waals surface area contributed by atoms with Gasteiger partial charge in [0.05, 0.1) is 13.2 Å². The van der Waals surface area contributed by atoms with Crippen LogP contribution in [0.1, 0.15) is 258 Å². The second-order valence-electron chi connectivity index (χ2n) is 21.2. The van der Waals surface area contributed by atoms with Gasteiger partial charge in [0.25, 0.3) is 0 Å². The Morgan fingerprint density at radius 2 is 0.663 bits per heavy atom. The summed E-state index contributed by atoms with van der Waals surface area (Å²) >= 11 is 0. The van der Waals surface area contributed by atoms with Gasteiger partial charge in [0, 0.05) is 19.4 Å². The smallest absolute Gasteiger partial charge is 0.462 e. The monoisotopic (exact) mass is 1170 g/mol. The number of nitrogens with two attached hydrogens (primary N) is 1. The summed E-state index contributed by atoms with van der Waals surface area (Å²) in [5.74, 6) is -0.857. The van der Waals surface area contributed by atoms with Gasteiger partial charge in [0.15, 0.2) is 6.10 Å². The highest BCUT2D eigenvalue weighted by atomic mass is 31.2. The molecule has 0 saturated heterocycles. The first-order chi connectivity index (χ1) is 40.8.